The lowest BCUT2D eigenvalue weighted by Crippen LogP contribution is -2.35. The smallest absolute Gasteiger partial charge is 0.450 e. The summed E-state index contributed by atoms with van der Waals surface area (Å²) >= 11 is 0. The highest BCUT2D eigenvalue weighted by atomic mass is 19.4. The van der Waals surface area contributed by atoms with Crippen molar-refractivity contribution >= 4 is 11.8 Å². The molecule has 1 aliphatic heterocycles. The van der Waals surface area contributed by atoms with Gasteiger partial charge in [-0.3, -0.25) is 9.59 Å². The zero-order valence-corrected chi connectivity index (χ0v) is 7.26. The number of carbonyl (C=O) groups is 2. The van der Waals surface area contributed by atoms with Gasteiger partial charge in [-0.15, -0.1) is 0 Å². The first-order valence-corrected chi connectivity index (χ1v) is 4.20. The molecule has 0 aromatic rings. The van der Waals surface area contributed by atoms with Crippen molar-refractivity contribution in [2.24, 2.45) is 5.92 Å². The Balaban J connectivity index is 2.74. The van der Waals surface area contributed by atoms with Crippen LogP contribution in [-0.4, -0.2) is 24.5 Å². The molecular formula is C8H9F3O3. The van der Waals surface area contributed by atoms with Crippen molar-refractivity contribution in [3.8, 4) is 0 Å². The van der Waals surface area contributed by atoms with Gasteiger partial charge in [-0.1, -0.05) is 0 Å². The number of halogens is 3. The van der Waals surface area contributed by atoms with Gasteiger partial charge >= 0.3 is 12.1 Å². The first kappa shape index (κ1) is 11.0. The zero-order chi connectivity index (χ0) is 10.8. The molecule has 0 spiro atoms. The summed E-state index contributed by atoms with van der Waals surface area (Å²) < 4.78 is 40.4. The zero-order valence-electron chi connectivity index (χ0n) is 7.26. The van der Waals surface area contributed by atoms with Gasteiger partial charge in [0.15, 0.2) is 0 Å². The maximum absolute atomic E-state index is 12.0. The molecule has 14 heavy (non-hydrogen) atoms. The van der Waals surface area contributed by atoms with Crippen LogP contribution in [0.2, 0.25) is 0 Å². The summed E-state index contributed by atoms with van der Waals surface area (Å²) in [5.74, 6) is -4.70. The van der Waals surface area contributed by atoms with Gasteiger partial charge in [0.2, 0.25) is 5.78 Å². The van der Waals surface area contributed by atoms with Gasteiger partial charge in [-0.05, 0) is 19.3 Å². The van der Waals surface area contributed by atoms with E-state index in [2.05, 4.69) is 4.74 Å². The van der Waals surface area contributed by atoms with Crippen LogP contribution in [0.3, 0.4) is 0 Å². The first-order valence-electron chi connectivity index (χ1n) is 4.20. The van der Waals surface area contributed by atoms with Crippen molar-refractivity contribution in [1.29, 1.82) is 0 Å². The summed E-state index contributed by atoms with van der Waals surface area (Å²) in [6.07, 6.45) is -4.11. The summed E-state index contributed by atoms with van der Waals surface area (Å²) in [5.41, 5.74) is 0. The number of rotatable bonds is 1. The van der Waals surface area contributed by atoms with Gasteiger partial charge < -0.3 is 4.74 Å². The van der Waals surface area contributed by atoms with Crippen molar-refractivity contribution < 1.29 is 27.5 Å². The fraction of sp³-hybridized carbons (Fsp3) is 0.750. The molecule has 1 fully saturated rings. The second-order valence-corrected chi connectivity index (χ2v) is 3.08. The molecule has 0 bridgehead atoms. The monoisotopic (exact) mass is 210 g/mol. The summed E-state index contributed by atoms with van der Waals surface area (Å²) in [4.78, 5) is 21.7. The molecule has 1 saturated heterocycles. The Kier molecular flexibility index (Phi) is 3.13. The van der Waals surface area contributed by atoms with Crippen LogP contribution >= 0.6 is 0 Å². The fourth-order valence-corrected chi connectivity index (χ4v) is 1.28. The Morgan fingerprint density at radius 1 is 1.36 bits per heavy atom. The summed E-state index contributed by atoms with van der Waals surface area (Å²) in [5, 5.41) is 0. The topological polar surface area (TPSA) is 43.4 Å². The van der Waals surface area contributed by atoms with Gasteiger partial charge in [-0.25, -0.2) is 0 Å². The summed E-state index contributed by atoms with van der Waals surface area (Å²) in [7, 11) is 0. The highest BCUT2D eigenvalue weighted by Crippen LogP contribution is 2.26. The lowest BCUT2D eigenvalue weighted by atomic mass is 9.98. The highest BCUT2D eigenvalue weighted by molar-refractivity contribution is 6.01. The van der Waals surface area contributed by atoms with E-state index in [4.69, 9.17) is 0 Å². The van der Waals surface area contributed by atoms with Crippen LogP contribution in [0.5, 0.6) is 0 Å². The molecule has 1 aliphatic rings. The Morgan fingerprint density at radius 2 is 2.00 bits per heavy atom. The SMILES string of the molecule is O=C1OCCCCC1C(=O)C(F)(F)F. The lowest BCUT2D eigenvalue weighted by Gasteiger charge is -2.12. The normalized spacial score (nSPS) is 23.9. The molecule has 1 atom stereocenters. The van der Waals surface area contributed by atoms with Crippen LogP contribution in [-0.2, 0) is 14.3 Å². The Labute approximate surface area is 78.2 Å². The standard InChI is InChI=1S/C8H9F3O3/c9-8(10,11)6(12)5-3-1-2-4-14-7(5)13/h5H,1-4H2. The predicted molar refractivity (Wildman–Crippen MR) is 39.4 cm³/mol. The number of ether oxygens (including phenoxy) is 1. The number of esters is 1. The van der Waals surface area contributed by atoms with E-state index in [1.165, 1.54) is 0 Å². The number of hydrogen-bond acceptors (Lipinski definition) is 3. The molecule has 6 heteroatoms. The Hall–Kier alpha value is -1.07. The van der Waals surface area contributed by atoms with E-state index in [1.54, 1.807) is 0 Å². The lowest BCUT2D eigenvalue weighted by molar-refractivity contribution is -0.180. The number of Topliss-reactive ketones (excluding diaryl/α,β-unsaturated/α-hetero) is 1. The molecule has 0 radical (unpaired) electrons. The summed E-state index contributed by atoms with van der Waals surface area (Å²) in [6.45, 7) is 0.0977. The van der Waals surface area contributed by atoms with E-state index in [1.807, 2.05) is 0 Å². The molecule has 0 aromatic carbocycles. The van der Waals surface area contributed by atoms with E-state index in [0.29, 0.717) is 12.8 Å². The van der Waals surface area contributed by atoms with Crippen molar-refractivity contribution in [3.05, 3.63) is 0 Å². The average Bonchev–Trinajstić information content (AvgIpc) is 2.27. The third-order valence-electron chi connectivity index (χ3n) is 2.01. The molecule has 80 valence electrons. The number of hydrogen-bond donors (Lipinski definition) is 0. The van der Waals surface area contributed by atoms with E-state index in [0.717, 1.165) is 0 Å². The first-order chi connectivity index (χ1) is 6.43. The number of ketones is 1. The minimum atomic E-state index is -4.95. The Morgan fingerprint density at radius 3 is 2.57 bits per heavy atom. The minimum absolute atomic E-state index is 0.0722. The van der Waals surface area contributed by atoms with Crippen LogP contribution < -0.4 is 0 Å². The quantitative estimate of drug-likeness (QED) is 0.486. The molecule has 1 rings (SSSR count). The van der Waals surface area contributed by atoms with E-state index in [-0.39, 0.29) is 13.0 Å². The third-order valence-corrected chi connectivity index (χ3v) is 2.01. The van der Waals surface area contributed by atoms with Gasteiger partial charge in [0, 0.05) is 0 Å². The Bertz CT molecular complexity index is 247. The molecule has 0 amide bonds. The van der Waals surface area contributed by atoms with Gasteiger partial charge in [0.05, 0.1) is 6.61 Å². The van der Waals surface area contributed by atoms with Crippen LogP contribution in [0.15, 0.2) is 0 Å². The maximum Gasteiger partial charge on any atom is 0.450 e. The fourth-order valence-electron chi connectivity index (χ4n) is 1.28. The van der Waals surface area contributed by atoms with Crippen molar-refractivity contribution in [1.82, 2.24) is 0 Å². The number of alkyl halides is 3. The molecule has 1 heterocycles. The maximum atomic E-state index is 12.0. The van der Waals surface area contributed by atoms with Crippen LogP contribution in [0, 0.1) is 5.92 Å². The second-order valence-electron chi connectivity index (χ2n) is 3.08. The molecule has 0 aromatic heterocycles. The highest BCUT2D eigenvalue weighted by Gasteiger charge is 2.46. The number of carbonyl (C=O) groups excluding carboxylic acids is 2. The average molecular weight is 210 g/mol. The largest absolute Gasteiger partial charge is 0.465 e. The molecule has 3 nitrogen and oxygen atoms in total. The van der Waals surface area contributed by atoms with Crippen molar-refractivity contribution in [2.75, 3.05) is 6.61 Å². The third kappa shape index (κ3) is 2.46. The molecule has 1 unspecified atom stereocenters. The molecule has 0 aliphatic carbocycles. The van der Waals surface area contributed by atoms with Crippen LogP contribution in [0.4, 0.5) is 13.2 Å². The minimum Gasteiger partial charge on any atom is -0.465 e. The van der Waals surface area contributed by atoms with Crippen molar-refractivity contribution in [3.63, 3.8) is 0 Å². The van der Waals surface area contributed by atoms with Gasteiger partial charge in [0.1, 0.15) is 5.92 Å². The van der Waals surface area contributed by atoms with Gasteiger partial charge in [0.25, 0.3) is 0 Å². The van der Waals surface area contributed by atoms with E-state index >= 15 is 0 Å². The summed E-state index contributed by atoms with van der Waals surface area (Å²) in [6, 6.07) is 0. The molecule has 0 saturated carbocycles. The van der Waals surface area contributed by atoms with Crippen molar-refractivity contribution in [2.45, 2.75) is 25.4 Å². The van der Waals surface area contributed by atoms with Crippen LogP contribution in [0.25, 0.3) is 0 Å². The molecule has 0 N–H and O–H groups in total. The molecular weight excluding hydrogens is 201 g/mol. The van der Waals surface area contributed by atoms with E-state index < -0.39 is 23.8 Å². The second kappa shape index (κ2) is 3.98. The van der Waals surface area contributed by atoms with Crippen LogP contribution in [0.1, 0.15) is 19.3 Å². The van der Waals surface area contributed by atoms with Gasteiger partial charge in [-0.2, -0.15) is 13.2 Å². The van der Waals surface area contributed by atoms with E-state index in [9.17, 15) is 22.8 Å². The number of cyclic esters (lactones) is 1. The predicted octanol–water partition coefficient (Wildman–Crippen LogP) is 1.46.